The van der Waals surface area contributed by atoms with Gasteiger partial charge in [0.1, 0.15) is 6.04 Å². The first-order chi connectivity index (χ1) is 22.8. The van der Waals surface area contributed by atoms with Gasteiger partial charge in [0.25, 0.3) is 11.5 Å². The maximum atomic E-state index is 12.7. The standard InChI is InChI=1S/C29H41N9O9/c30-7-9-44-11-13-46-15-16-47-14-12-45-10-8-32-23(39)6-5-22(28(42)43)36-26(40)19-1-3-20(4-2-19)33-17-21-18-34-25-24(35-21)27(41)38-29(31)37-25/h1-4,18,22,33H,5-17,30H2,(H,32,39)(H,36,40)(H,42,43)(H3,31,34,37,38,41). The average molecular weight is 660 g/mol. The number of nitrogens with zero attached hydrogens (tertiary/aromatic N) is 3. The normalized spacial score (nSPS) is 11.7. The number of H-pyrrole nitrogens is 1. The Morgan fingerprint density at radius 3 is 2.19 bits per heavy atom. The number of carbonyl (C=O) groups is 3. The Morgan fingerprint density at radius 1 is 0.915 bits per heavy atom. The van der Waals surface area contributed by atoms with Crippen LogP contribution in [-0.2, 0) is 35.1 Å². The molecule has 3 aromatic rings. The largest absolute Gasteiger partial charge is 0.480 e. The number of carboxylic acid groups (broad SMARTS) is 1. The molecule has 18 heteroatoms. The first-order valence-electron chi connectivity index (χ1n) is 14.9. The number of amides is 2. The second-order valence-corrected chi connectivity index (χ2v) is 9.91. The number of nitrogens with one attached hydrogen (secondary N) is 4. The summed E-state index contributed by atoms with van der Waals surface area (Å²) in [6.07, 6.45) is 1.26. The molecule has 1 aromatic carbocycles. The minimum atomic E-state index is -1.26. The van der Waals surface area contributed by atoms with Gasteiger partial charge in [-0.15, -0.1) is 0 Å². The molecule has 0 bridgehead atoms. The van der Waals surface area contributed by atoms with Crippen molar-refractivity contribution in [3.05, 3.63) is 52.1 Å². The summed E-state index contributed by atoms with van der Waals surface area (Å²) in [6.45, 7) is 4.25. The van der Waals surface area contributed by atoms with Crippen LogP contribution in [0.5, 0.6) is 0 Å². The first kappa shape index (κ1) is 36.7. The lowest BCUT2D eigenvalue weighted by molar-refractivity contribution is -0.139. The van der Waals surface area contributed by atoms with Crippen molar-refractivity contribution in [1.29, 1.82) is 0 Å². The number of aromatic nitrogens is 4. The Hall–Kier alpha value is -4.75. The average Bonchev–Trinajstić information content (AvgIpc) is 3.05. The van der Waals surface area contributed by atoms with Crippen LogP contribution in [0.1, 0.15) is 28.9 Å². The van der Waals surface area contributed by atoms with E-state index in [1.165, 1.54) is 18.3 Å². The molecule has 47 heavy (non-hydrogen) atoms. The van der Waals surface area contributed by atoms with E-state index in [0.29, 0.717) is 64.2 Å². The van der Waals surface area contributed by atoms with Crippen molar-refractivity contribution in [2.45, 2.75) is 25.4 Å². The number of carbonyl (C=O) groups excluding carboxylic acids is 2. The molecule has 256 valence electrons. The molecule has 3 rings (SSSR count). The Kier molecular flexibility index (Phi) is 15.9. The zero-order valence-corrected chi connectivity index (χ0v) is 25.9. The van der Waals surface area contributed by atoms with Crippen LogP contribution in [0.15, 0.2) is 35.3 Å². The Labute approximate surface area is 269 Å². The lowest BCUT2D eigenvalue weighted by Crippen LogP contribution is -2.41. The smallest absolute Gasteiger partial charge is 0.326 e. The number of rotatable bonds is 23. The predicted molar refractivity (Wildman–Crippen MR) is 170 cm³/mol. The van der Waals surface area contributed by atoms with E-state index in [-0.39, 0.29) is 61.1 Å². The molecule has 2 aromatic heterocycles. The van der Waals surface area contributed by atoms with Gasteiger partial charge in [-0.1, -0.05) is 0 Å². The number of carboxylic acids is 1. The SMILES string of the molecule is NCCOCCOCCOCCOCCNC(=O)CCC(NC(=O)c1ccc(NCc2cnc3nc(N)[nH]c(=O)c3n2)cc1)C(=O)O. The van der Waals surface area contributed by atoms with E-state index in [0.717, 1.165) is 0 Å². The minimum absolute atomic E-state index is 0.0532. The fraction of sp³-hybridized carbons (Fsp3) is 0.483. The highest BCUT2D eigenvalue weighted by Crippen LogP contribution is 2.12. The van der Waals surface area contributed by atoms with E-state index < -0.39 is 23.5 Å². The quantitative estimate of drug-likeness (QED) is 0.0603. The van der Waals surface area contributed by atoms with E-state index in [9.17, 15) is 24.3 Å². The van der Waals surface area contributed by atoms with Gasteiger partial charge >= 0.3 is 5.97 Å². The van der Waals surface area contributed by atoms with Crippen LogP contribution in [0.2, 0.25) is 0 Å². The van der Waals surface area contributed by atoms with E-state index in [4.69, 9.17) is 30.4 Å². The highest BCUT2D eigenvalue weighted by atomic mass is 16.6. The Morgan fingerprint density at radius 2 is 1.55 bits per heavy atom. The number of hydrogen-bond donors (Lipinski definition) is 7. The number of ether oxygens (including phenoxy) is 4. The lowest BCUT2D eigenvalue weighted by Gasteiger charge is -2.15. The van der Waals surface area contributed by atoms with E-state index in [2.05, 4.69) is 35.9 Å². The summed E-state index contributed by atoms with van der Waals surface area (Å²) >= 11 is 0. The summed E-state index contributed by atoms with van der Waals surface area (Å²) in [5.74, 6) is -2.28. The van der Waals surface area contributed by atoms with Crippen LogP contribution >= 0.6 is 0 Å². The first-order valence-corrected chi connectivity index (χ1v) is 14.9. The number of hydrogen-bond acceptors (Lipinski definition) is 14. The zero-order valence-electron chi connectivity index (χ0n) is 25.9. The Balaban J connectivity index is 1.29. The molecule has 2 amide bonds. The molecule has 9 N–H and O–H groups in total. The van der Waals surface area contributed by atoms with Crippen molar-refractivity contribution >= 4 is 40.6 Å². The van der Waals surface area contributed by atoms with Gasteiger partial charge in [-0.2, -0.15) is 4.98 Å². The van der Waals surface area contributed by atoms with E-state index >= 15 is 0 Å². The summed E-state index contributed by atoms with van der Waals surface area (Å²) in [4.78, 5) is 63.3. The number of aliphatic carboxylic acids is 1. The third-order valence-corrected chi connectivity index (χ3v) is 6.32. The number of benzene rings is 1. The highest BCUT2D eigenvalue weighted by molar-refractivity contribution is 5.97. The molecule has 2 heterocycles. The molecule has 18 nitrogen and oxygen atoms in total. The number of nitrogen functional groups attached to an aromatic ring is 1. The molecule has 0 fully saturated rings. The third-order valence-electron chi connectivity index (χ3n) is 6.32. The van der Waals surface area contributed by atoms with E-state index in [1.54, 1.807) is 12.1 Å². The van der Waals surface area contributed by atoms with Gasteiger partial charge in [-0.25, -0.2) is 14.8 Å². The van der Waals surface area contributed by atoms with Gasteiger partial charge in [0.15, 0.2) is 11.2 Å². The van der Waals surface area contributed by atoms with Crippen molar-refractivity contribution in [3.8, 4) is 0 Å². The van der Waals surface area contributed by atoms with Crippen molar-refractivity contribution in [2.24, 2.45) is 5.73 Å². The van der Waals surface area contributed by atoms with Gasteiger partial charge in [-0.3, -0.25) is 19.4 Å². The summed E-state index contributed by atoms with van der Waals surface area (Å²) in [5, 5.41) is 17.8. The molecule has 1 atom stereocenters. The van der Waals surface area contributed by atoms with Crippen molar-refractivity contribution in [1.82, 2.24) is 30.6 Å². The van der Waals surface area contributed by atoms with Crippen molar-refractivity contribution in [3.63, 3.8) is 0 Å². The van der Waals surface area contributed by atoms with Crippen LogP contribution in [0.3, 0.4) is 0 Å². The van der Waals surface area contributed by atoms with Gasteiger partial charge < -0.3 is 51.5 Å². The minimum Gasteiger partial charge on any atom is -0.480 e. The molecule has 0 aliphatic rings. The molecule has 0 saturated heterocycles. The lowest BCUT2D eigenvalue weighted by atomic mass is 10.1. The molecule has 0 spiro atoms. The van der Waals surface area contributed by atoms with Crippen molar-refractivity contribution in [2.75, 3.05) is 77.0 Å². The highest BCUT2D eigenvalue weighted by Gasteiger charge is 2.21. The predicted octanol–water partition coefficient (Wildman–Crippen LogP) is -0.988. The number of fused-ring (bicyclic) bond motifs is 1. The second-order valence-electron chi connectivity index (χ2n) is 9.91. The molecule has 0 aliphatic heterocycles. The van der Waals surface area contributed by atoms with Crippen LogP contribution in [0, 0.1) is 0 Å². The van der Waals surface area contributed by atoms with Crippen LogP contribution in [0.25, 0.3) is 11.2 Å². The fourth-order valence-electron chi connectivity index (χ4n) is 3.96. The second kappa shape index (κ2) is 20.4. The van der Waals surface area contributed by atoms with Gasteiger partial charge in [0, 0.05) is 30.8 Å². The fourth-order valence-corrected chi connectivity index (χ4v) is 3.96. The van der Waals surface area contributed by atoms with Gasteiger partial charge in [0.05, 0.1) is 71.3 Å². The molecule has 0 saturated carbocycles. The van der Waals surface area contributed by atoms with Crippen molar-refractivity contribution < 1.29 is 38.4 Å². The Bertz CT molecular complexity index is 1490. The van der Waals surface area contributed by atoms with Crippen LogP contribution in [-0.4, -0.2) is 115 Å². The van der Waals surface area contributed by atoms with Gasteiger partial charge in [0.2, 0.25) is 11.9 Å². The monoisotopic (exact) mass is 659 g/mol. The van der Waals surface area contributed by atoms with Gasteiger partial charge in [-0.05, 0) is 30.7 Å². The third kappa shape index (κ3) is 13.6. The molecule has 0 aliphatic carbocycles. The summed E-state index contributed by atoms with van der Waals surface area (Å²) in [5.41, 5.74) is 11.9. The number of aromatic amines is 1. The maximum absolute atomic E-state index is 12.7. The zero-order chi connectivity index (χ0) is 33.9. The molecule has 0 radical (unpaired) electrons. The molecular weight excluding hydrogens is 618 g/mol. The van der Waals surface area contributed by atoms with Crippen LogP contribution in [0.4, 0.5) is 11.6 Å². The molecule has 1 unspecified atom stereocenters. The van der Waals surface area contributed by atoms with Crippen LogP contribution < -0.4 is 33.0 Å². The maximum Gasteiger partial charge on any atom is 0.326 e. The summed E-state index contributed by atoms with van der Waals surface area (Å²) in [7, 11) is 0. The summed E-state index contributed by atoms with van der Waals surface area (Å²) in [6, 6.07) is 5.04. The van der Waals surface area contributed by atoms with E-state index in [1.807, 2.05) is 0 Å². The topological polar surface area (TPSA) is 268 Å². The molecular formula is C29H41N9O9. The number of nitrogens with two attached hydrogens (primary N) is 2. The number of anilines is 2. The summed E-state index contributed by atoms with van der Waals surface area (Å²) < 4.78 is 21.3.